The van der Waals surface area contributed by atoms with Gasteiger partial charge in [-0.1, -0.05) is 12.1 Å². The number of halogens is 3. The van der Waals surface area contributed by atoms with Crippen LogP contribution in [0.3, 0.4) is 0 Å². The van der Waals surface area contributed by atoms with Gasteiger partial charge in [0.15, 0.2) is 0 Å². The Hall–Kier alpha value is -3.81. The second-order valence-electron chi connectivity index (χ2n) is 11.6. The van der Waals surface area contributed by atoms with Crippen LogP contribution in [0.4, 0.5) is 24.8 Å². The van der Waals surface area contributed by atoms with Gasteiger partial charge in [-0.15, -0.1) is 0 Å². The monoisotopic (exact) mass is 640 g/mol. The number of anilines is 2. The maximum absolute atomic E-state index is 13.7. The summed E-state index contributed by atoms with van der Waals surface area (Å²) in [5.41, 5.74) is 0.163. The molecule has 0 bridgehead atoms. The van der Waals surface area contributed by atoms with Crippen LogP contribution in [0, 0.1) is 0 Å². The first-order valence-electron chi connectivity index (χ1n) is 15.0. The van der Waals surface area contributed by atoms with Crippen molar-refractivity contribution in [3.05, 3.63) is 71.1 Å². The van der Waals surface area contributed by atoms with E-state index in [9.17, 15) is 22.2 Å². The predicted octanol–water partition coefficient (Wildman–Crippen LogP) is 5.10. The fraction of sp³-hybridized carbons (Fsp3) is 0.406. The van der Waals surface area contributed by atoms with E-state index in [0.717, 1.165) is 57.6 Å². The van der Waals surface area contributed by atoms with Crippen molar-refractivity contribution >= 4 is 33.5 Å². The quantitative estimate of drug-likeness (QED) is 0.275. The van der Waals surface area contributed by atoms with Crippen molar-refractivity contribution in [3.8, 4) is 16.9 Å². The van der Waals surface area contributed by atoms with Gasteiger partial charge in [0.2, 0.25) is 5.95 Å². The summed E-state index contributed by atoms with van der Waals surface area (Å²) in [6, 6.07) is 15.3. The number of fused-ring (bicyclic) bond motifs is 1. The molecule has 2 saturated heterocycles. The number of benzene rings is 2. The molecule has 2 fully saturated rings. The Kier molecular flexibility index (Phi) is 9.20. The standard InChI is InChI=1S/C32H35F3N6O3S/c1-40-16-12-27(13-17-40)45(43)26-8-2-21(3-9-26)28-18-22-19-37-31(39-29(22)41(30(28)42)20-32(33,34)35)38-23-4-6-24(7-5-23)44-25-10-14-36-15-11-25/h2-9,18-19,25,27,36H,10-17,20H2,1H3,(H,37,38,39). The fourth-order valence-electron chi connectivity index (χ4n) is 5.76. The van der Waals surface area contributed by atoms with Crippen LogP contribution in [-0.2, 0) is 17.3 Å². The number of aromatic nitrogens is 3. The zero-order valence-corrected chi connectivity index (χ0v) is 25.7. The van der Waals surface area contributed by atoms with E-state index in [1.54, 1.807) is 36.4 Å². The Morgan fingerprint density at radius 3 is 2.38 bits per heavy atom. The van der Waals surface area contributed by atoms with Crippen molar-refractivity contribution in [1.82, 2.24) is 24.8 Å². The van der Waals surface area contributed by atoms with Crippen molar-refractivity contribution in [2.45, 2.75) is 54.7 Å². The Balaban J connectivity index is 1.25. The third kappa shape index (κ3) is 7.54. The number of hydrogen-bond donors (Lipinski definition) is 2. The van der Waals surface area contributed by atoms with Crippen LogP contribution < -0.4 is 20.9 Å². The summed E-state index contributed by atoms with van der Waals surface area (Å²) < 4.78 is 60.9. The summed E-state index contributed by atoms with van der Waals surface area (Å²) in [6.07, 6.45) is 0.398. The Bertz CT molecular complexity index is 1720. The molecule has 0 radical (unpaired) electrons. The molecule has 1 unspecified atom stereocenters. The number of piperidine rings is 2. The molecule has 2 aliphatic heterocycles. The minimum atomic E-state index is -4.66. The molecule has 9 nitrogen and oxygen atoms in total. The van der Waals surface area contributed by atoms with Gasteiger partial charge in [-0.05, 0) is 107 Å². The average molecular weight is 641 g/mol. The van der Waals surface area contributed by atoms with E-state index >= 15 is 0 Å². The maximum atomic E-state index is 13.7. The average Bonchev–Trinajstić information content (AvgIpc) is 3.03. The van der Waals surface area contributed by atoms with E-state index < -0.39 is 29.1 Å². The number of hydrogen-bond acceptors (Lipinski definition) is 8. The number of ether oxygens (including phenoxy) is 1. The highest BCUT2D eigenvalue weighted by Crippen LogP contribution is 2.28. The van der Waals surface area contributed by atoms with E-state index in [1.165, 1.54) is 12.3 Å². The summed E-state index contributed by atoms with van der Waals surface area (Å²) in [5, 5.41) is 6.64. The third-order valence-corrected chi connectivity index (χ3v) is 10.0. The highest BCUT2D eigenvalue weighted by Gasteiger charge is 2.31. The molecule has 238 valence electrons. The second-order valence-corrected chi connectivity index (χ2v) is 13.3. The number of alkyl halides is 3. The molecule has 0 saturated carbocycles. The highest BCUT2D eigenvalue weighted by molar-refractivity contribution is 7.85. The number of likely N-dealkylation sites (tertiary alicyclic amines) is 1. The van der Waals surface area contributed by atoms with E-state index in [0.29, 0.717) is 20.7 Å². The molecule has 2 aliphatic rings. The lowest BCUT2D eigenvalue weighted by Gasteiger charge is -2.28. The molecule has 13 heteroatoms. The Labute approximate surface area is 261 Å². The van der Waals surface area contributed by atoms with Crippen molar-refractivity contribution in [2.24, 2.45) is 0 Å². The molecule has 6 rings (SSSR count). The molecular formula is C32H35F3N6O3S. The lowest BCUT2D eigenvalue weighted by molar-refractivity contribution is -0.140. The zero-order chi connectivity index (χ0) is 31.6. The van der Waals surface area contributed by atoms with Gasteiger partial charge in [0.25, 0.3) is 5.56 Å². The summed E-state index contributed by atoms with van der Waals surface area (Å²) in [7, 11) is 0.825. The molecule has 45 heavy (non-hydrogen) atoms. The van der Waals surface area contributed by atoms with Crippen LogP contribution in [0.15, 0.2) is 70.5 Å². The fourth-order valence-corrected chi connectivity index (χ4v) is 7.19. The van der Waals surface area contributed by atoms with Gasteiger partial charge in [-0.25, -0.2) is 4.98 Å². The van der Waals surface area contributed by atoms with Crippen LogP contribution in [-0.4, -0.2) is 74.4 Å². The smallest absolute Gasteiger partial charge is 0.406 e. The second kappa shape index (κ2) is 13.3. The minimum absolute atomic E-state index is 0.0438. The normalized spacial score (nSPS) is 17.8. The Morgan fingerprint density at radius 2 is 1.71 bits per heavy atom. The zero-order valence-electron chi connectivity index (χ0n) is 24.8. The van der Waals surface area contributed by atoms with Gasteiger partial charge in [0.1, 0.15) is 24.0 Å². The van der Waals surface area contributed by atoms with Crippen LogP contribution in [0.2, 0.25) is 0 Å². The number of pyridine rings is 1. The van der Waals surface area contributed by atoms with Gasteiger partial charge in [-0.2, -0.15) is 18.2 Å². The summed E-state index contributed by atoms with van der Waals surface area (Å²) in [6.45, 7) is 2.08. The van der Waals surface area contributed by atoms with Crippen molar-refractivity contribution < 1.29 is 22.1 Å². The minimum Gasteiger partial charge on any atom is -0.490 e. The van der Waals surface area contributed by atoms with Gasteiger partial charge < -0.3 is 20.3 Å². The lowest BCUT2D eigenvalue weighted by Crippen LogP contribution is -2.34. The van der Waals surface area contributed by atoms with Crippen molar-refractivity contribution in [3.63, 3.8) is 0 Å². The van der Waals surface area contributed by atoms with Gasteiger partial charge in [-0.3, -0.25) is 13.6 Å². The first-order chi connectivity index (χ1) is 21.6. The molecular weight excluding hydrogens is 605 g/mol. The maximum Gasteiger partial charge on any atom is 0.406 e. The molecule has 2 N–H and O–H groups in total. The molecule has 2 aromatic carbocycles. The van der Waals surface area contributed by atoms with Crippen LogP contribution in [0.25, 0.3) is 22.2 Å². The van der Waals surface area contributed by atoms with Crippen LogP contribution >= 0.6 is 0 Å². The highest BCUT2D eigenvalue weighted by atomic mass is 32.2. The molecule has 0 amide bonds. The molecule has 0 aliphatic carbocycles. The topological polar surface area (TPSA) is 101 Å². The molecule has 4 aromatic rings. The molecule has 2 aromatic heterocycles. The molecule has 4 heterocycles. The summed E-state index contributed by atoms with van der Waals surface area (Å²) in [5.74, 6) is 0.776. The predicted molar refractivity (Wildman–Crippen MR) is 168 cm³/mol. The van der Waals surface area contributed by atoms with Gasteiger partial charge >= 0.3 is 6.18 Å². The largest absolute Gasteiger partial charge is 0.490 e. The first-order valence-corrected chi connectivity index (χ1v) is 16.3. The number of nitrogens with one attached hydrogen (secondary N) is 2. The van der Waals surface area contributed by atoms with E-state index in [1.807, 2.05) is 19.2 Å². The van der Waals surface area contributed by atoms with Crippen LogP contribution in [0.5, 0.6) is 5.75 Å². The van der Waals surface area contributed by atoms with E-state index in [4.69, 9.17) is 4.74 Å². The van der Waals surface area contributed by atoms with E-state index in [2.05, 4.69) is 25.5 Å². The van der Waals surface area contributed by atoms with Crippen LogP contribution in [0.1, 0.15) is 25.7 Å². The molecule has 0 spiro atoms. The first kappa shape index (κ1) is 31.2. The number of rotatable bonds is 8. The van der Waals surface area contributed by atoms with Gasteiger partial charge in [0, 0.05) is 33.0 Å². The Morgan fingerprint density at radius 1 is 1.02 bits per heavy atom. The van der Waals surface area contributed by atoms with Crippen molar-refractivity contribution in [2.75, 3.05) is 38.5 Å². The molecule has 1 atom stereocenters. The van der Waals surface area contributed by atoms with E-state index in [-0.39, 0.29) is 33.9 Å². The van der Waals surface area contributed by atoms with Crippen molar-refractivity contribution in [1.29, 1.82) is 0 Å². The lowest BCUT2D eigenvalue weighted by atomic mass is 10.1. The number of nitrogens with zero attached hydrogens (tertiary/aromatic N) is 4. The van der Waals surface area contributed by atoms with Gasteiger partial charge in [0.05, 0.1) is 10.8 Å². The SMILES string of the molecule is CN1CCC(S(=O)c2ccc(-c3cc4cnc(Nc5ccc(OC6CCNCC6)cc5)nc4n(CC(F)(F)F)c3=O)cc2)CC1. The summed E-state index contributed by atoms with van der Waals surface area (Å²) >= 11 is 0. The summed E-state index contributed by atoms with van der Waals surface area (Å²) in [4.78, 5) is 25.0. The third-order valence-electron chi connectivity index (χ3n) is 8.23.